The molecule has 1 aromatic heterocycles. The van der Waals surface area contributed by atoms with Crippen LogP contribution in [0, 0.1) is 6.92 Å². The van der Waals surface area contributed by atoms with Crippen molar-refractivity contribution in [3.8, 4) is 0 Å². The lowest BCUT2D eigenvalue weighted by molar-refractivity contribution is -0.137. The van der Waals surface area contributed by atoms with Crippen molar-refractivity contribution in [3.05, 3.63) is 17.7 Å². The first kappa shape index (κ1) is 18.9. The lowest BCUT2D eigenvalue weighted by atomic mass is 10.2. The Hall–Kier alpha value is -1.40. The molecule has 1 aliphatic heterocycles. The van der Waals surface area contributed by atoms with Gasteiger partial charge in [0, 0.05) is 18.8 Å². The zero-order valence-corrected chi connectivity index (χ0v) is 15.7. The van der Waals surface area contributed by atoms with Crippen LogP contribution in [0.5, 0.6) is 0 Å². The summed E-state index contributed by atoms with van der Waals surface area (Å²) < 4.78 is 0. The molecule has 1 fully saturated rings. The van der Waals surface area contributed by atoms with Crippen molar-refractivity contribution in [3.63, 3.8) is 0 Å². The van der Waals surface area contributed by atoms with Crippen LogP contribution in [0.3, 0.4) is 0 Å². The van der Waals surface area contributed by atoms with Gasteiger partial charge in [-0.25, -0.2) is 4.98 Å². The predicted molar refractivity (Wildman–Crippen MR) is 96.8 cm³/mol. The molecule has 2 rings (SSSR count). The number of likely N-dealkylation sites (N-methyl/N-ethyl adjacent to an activating group) is 1. The number of imidazole rings is 1. The van der Waals surface area contributed by atoms with Crippen LogP contribution in [0.1, 0.15) is 44.0 Å². The van der Waals surface area contributed by atoms with Gasteiger partial charge in [-0.05, 0) is 53.9 Å². The van der Waals surface area contributed by atoms with E-state index in [0.717, 1.165) is 37.6 Å². The molecule has 2 heterocycles. The maximum Gasteiger partial charge on any atom is 0.240 e. The normalized spacial score (nSPS) is 17.7. The second-order valence-electron chi connectivity index (χ2n) is 7.16. The number of rotatable bonds is 7. The van der Waals surface area contributed by atoms with E-state index in [0.29, 0.717) is 6.54 Å². The highest BCUT2D eigenvalue weighted by Gasteiger charge is 2.27. The number of carbonyl (C=O) groups is 1. The average molecular weight is 335 g/mol. The molecule has 1 N–H and O–H groups in total. The average Bonchev–Trinajstić information content (AvgIpc) is 2.79. The predicted octanol–water partition coefficient (Wildman–Crippen LogP) is 1.87. The summed E-state index contributed by atoms with van der Waals surface area (Å²) in [6.07, 6.45) is 6.68. The third-order valence-electron chi connectivity index (χ3n) is 4.95. The lowest BCUT2D eigenvalue weighted by Gasteiger charge is -2.32. The first-order chi connectivity index (χ1) is 11.5. The molecule has 1 atom stereocenters. The first-order valence-corrected chi connectivity index (χ1v) is 9.15. The Bertz CT molecular complexity index is 505. The molecule has 1 amide bonds. The van der Waals surface area contributed by atoms with Gasteiger partial charge in [0.25, 0.3) is 0 Å². The largest absolute Gasteiger partial charge is 0.348 e. The molecule has 0 bridgehead atoms. The summed E-state index contributed by atoms with van der Waals surface area (Å²) in [5.74, 6) is 0.223. The number of H-pyrrole nitrogens is 1. The summed E-state index contributed by atoms with van der Waals surface area (Å²) in [5, 5.41) is 0. The van der Waals surface area contributed by atoms with E-state index in [2.05, 4.69) is 26.7 Å². The van der Waals surface area contributed by atoms with E-state index in [1.807, 2.05) is 25.9 Å². The maximum absolute atomic E-state index is 13.1. The van der Waals surface area contributed by atoms with Gasteiger partial charge in [0.15, 0.2) is 0 Å². The van der Waals surface area contributed by atoms with Gasteiger partial charge in [-0.2, -0.15) is 0 Å². The van der Waals surface area contributed by atoms with Crippen LogP contribution < -0.4 is 0 Å². The highest BCUT2D eigenvalue weighted by Crippen LogP contribution is 2.15. The summed E-state index contributed by atoms with van der Waals surface area (Å²) in [4.78, 5) is 27.1. The zero-order chi connectivity index (χ0) is 17.5. The molecule has 136 valence electrons. The first-order valence-electron chi connectivity index (χ1n) is 9.15. The van der Waals surface area contributed by atoms with E-state index < -0.39 is 0 Å². The quantitative estimate of drug-likeness (QED) is 0.826. The van der Waals surface area contributed by atoms with Gasteiger partial charge >= 0.3 is 0 Å². The number of nitrogens with zero attached hydrogens (tertiary/aromatic N) is 4. The Balaban J connectivity index is 2.05. The van der Waals surface area contributed by atoms with E-state index in [9.17, 15) is 4.79 Å². The van der Waals surface area contributed by atoms with Gasteiger partial charge in [0.05, 0.1) is 24.6 Å². The van der Waals surface area contributed by atoms with Gasteiger partial charge in [0.2, 0.25) is 5.91 Å². The highest BCUT2D eigenvalue weighted by molar-refractivity contribution is 5.81. The smallest absolute Gasteiger partial charge is 0.240 e. The number of hydrogen-bond donors (Lipinski definition) is 1. The van der Waals surface area contributed by atoms with Crippen LogP contribution in [-0.4, -0.2) is 76.9 Å². The number of nitrogens with one attached hydrogen (secondary N) is 1. The number of likely N-dealkylation sites (tertiary alicyclic amines) is 1. The minimum Gasteiger partial charge on any atom is -0.348 e. The van der Waals surface area contributed by atoms with Gasteiger partial charge in [-0.3, -0.25) is 9.69 Å². The highest BCUT2D eigenvalue weighted by atomic mass is 16.2. The molecule has 0 aliphatic carbocycles. The molecular weight excluding hydrogens is 302 g/mol. The molecule has 24 heavy (non-hydrogen) atoms. The third-order valence-corrected chi connectivity index (χ3v) is 4.95. The van der Waals surface area contributed by atoms with Crippen molar-refractivity contribution in [2.24, 2.45) is 0 Å². The van der Waals surface area contributed by atoms with Crippen molar-refractivity contribution < 1.29 is 4.79 Å². The fourth-order valence-corrected chi connectivity index (χ4v) is 3.22. The van der Waals surface area contributed by atoms with Crippen LogP contribution in [0.15, 0.2) is 6.33 Å². The molecule has 1 aliphatic rings. The molecular formula is C18H33N5O. The number of aromatic amines is 1. The van der Waals surface area contributed by atoms with E-state index in [-0.39, 0.29) is 11.9 Å². The molecule has 6 heteroatoms. The third kappa shape index (κ3) is 5.31. The summed E-state index contributed by atoms with van der Waals surface area (Å²) in [6, 6.07) is -0.0514. The Labute approximate surface area is 146 Å². The van der Waals surface area contributed by atoms with Crippen molar-refractivity contribution >= 4 is 5.91 Å². The van der Waals surface area contributed by atoms with Crippen molar-refractivity contribution in [2.45, 2.75) is 52.1 Å². The van der Waals surface area contributed by atoms with Crippen LogP contribution in [-0.2, 0) is 11.3 Å². The minimum absolute atomic E-state index is 0.0514. The van der Waals surface area contributed by atoms with E-state index in [4.69, 9.17) is 0 Å². The lowest BCUT2D eigenvalue weighted by Crippen LogP contribution is -2.48. The fraction of sp³-hybridized carbons (Fsp3) is 0.778. The van der Waals surface area contributed by atoms with E-state index in [1.54, 1.807) is 6.33 Å². The molecule has 6 nitrogen and oxygen atoms in total. The Kier molecular flexibility index (Phi) is 7.24. The Morgan fingerprint density at radius 3 is 2.46 bits per heavy atom. The summed E-state index contributed by atoms with van der Waals surface area (Å²) >= 11 is 0. The maximum atomic E-state index is 13.1. The number of carbonyl (C=O) groups excluding carboxylic acids is 1. The second kappa shape index (κ2) is 9.18. The van der Waals surface area contributed by atoms with Gasteiger partial charge < -0.3 is 14.8 Å². The summed E-state index contributed by atoms with van der Waals surface area (Å²) in [7, 11) is 4.08. The Morgan fingerprint density at radius 2 is 1.92 bits per heavy atom. The Morgan fingerprint density at radius 1 is 1.25 bits per heavy atom. The van der Waals surface area contributed by atoms with Gasteiger partial charge in [0.1, 0.15) is 0 Å². The molecule has 0 radical (unpaired) electrons. The van der Waals surface area contributed by atoms with Crippen molar-refractivity contribution in [1.29, 1.82) is 0 Å². The molecule has 1 saturated heterocycles. The van der Waals surface area contributed by atoms with Crippen molar-refractivity contribution in [2.75, 3.05) is 40.3 Å². The van der Waals surface area contributed by atoms with Crippen LogP contribution in [0.2, 0.25) is 0 Å². The minimum atomic E-state index is -0.0514. The summed E-state index contributed by atoms with van der Waals surface area (Å²) in [6.45, 7) is 8.33. The number of amides is 1. The van der Waals surface area contributed by atoms with Crippen molar-refractivity contribution in [1.82, 2.24) is 24.7 Å². The van der Waals surface area contributed by atoms with Gasteiger partial charge in [-0.15, -0.1) is 0 Å². The fourth-order valence-electron chi connectivity index (χ4n) is 3.22. The molecule has 0 aromatic carbocycles. The van der Waals surface area contributed by atoms with E-state index in [1.165, 1.54) is 25.7 Å². The van der Waals surface area contributed by atoms with Crippen LogP contribution >= 0.6 is 0 Å². The van der Waals surface area contributed by atoms with Gasteiger partial charge in [-0.1, -0.05) is 12.8 Å². The monoisotopic (exact) mass is 335 g/mol. The SMILES string of the molecule is Cc1[nH]cnc1CN(CCN(C)C)C(=O)C(C)N1CCCCCC1. The van der Waals surface area contributed by atoms with E-state index >= 15 is 0 Å². The molecule has 1 aromatic rings. The summed E-state index contributed by atoms with van der Waals surface area (Å²) in [5.41, 5.74) is 2.00. The standard InChI is InChI=1S/C18H33N5O/c1-15-17(20-14-19-15)13-23(12-11-21(3)4)18(24)16(2)22-9-7-5-6-8-10-22/h14,16H,5-13H2,1-4H3,(H,19,20). The second-order valence-corrected chi connectivity index (χ2v) is 7.16. The number of aryl methyl sites for hydroxylation is 1. The molecule has 0 spiro atoms. The number of aromatic nitrogens is 2. The topological polar surface area (TPSA) is 55.5 Å². The van der Waals surface area contributed by atoms with Crippen LogP contribution in [0.4, 0.5) is 0 Å². The molecule has 1 unspecified atom stereocenters. The zero-order valence-electron chi connectivity index (χ0n) is 15.7. The number of hydrogen-bond acceptors (Lipinski definition) is 4. The van der Waals surface area contributed by atoms with Crippen LogP contribution in [0.25, 0.3) is 0 Å². The molecule has 0 saturated carbocycles.